The van der Waals surface area contributed by atoms with Crippen molar-refractivity contribution in [2.24, 2.45) is 0 Å². The van der Waals surface area contributed by atoms with E-state index in [0.29, 0.717) is 5.69 Å². The van der Waals surface area contributed by atoms with Crippen molar-refractivity contribution in [3.63, 3.8) is 0 Å². The van der Waals surface area contributed by atoms with Crippen LogP contribution in [0.5, 0.6) is 0 Å². The van der Waals surface area contributed by atoms with Crippen LogP contribution < -0.4 is 5.73 Å². The molecule has 0 aromatic heterocycles. The van der Waals surface area contributed by atoms with Gasteiger partial charge in [0.05, 0.1) is 6.04 Å². The van der Waals surface area contributed by atoms with Crippen LogP contribution in [0.15, 0.2) is 46.9 Å². The van der Waals surface area contributed by atoms with Crippen LogP contribution in [-0.2, 0) is 0 Å². The van der Waals surface area contributed by atoms with Crippen molar-refractivity contribution in [2.75, 3.05) is 12.8 Å². The number of nitrogen functional groups attached to an aromatic ring is 1. The Kier molecular flexibility index (Phi) is 4.68. The summed E-state index contributed by atoms with van der Waals surface area (Å²) in [4.78, 5) is 14.4. The topological polar surface area (TPSA) is 46.3 Å². The average molecular weight is 347 g/mol. The maximum Gasteiger partial charge on any atom is 0.254 e. The van der Waals surface area contributed by atoms with Crippen molar-refractivity contribution in [1.29, 1.82) is 0 Å². The monoisotopic (exact) mass is 346 g/mol. The summed E-state index contributed by atoms with van der Waals surface area (Å²) in [6, 6.07) is 13.3. The molecule has 1 unspecified atom stereocenters. The van der Waals surface area contributed by atoms with E-state index >= 15 is 0 Å². The zero-order valence-electron chi connectivity index (χ0n) is 12.4. The molecule has 0 saturated carbocycles. The molecular formula is C17H19BrN2O. The van der Waals surface area contributed by atoms with Gasteiger partial charge in [-0.2, -0.15) is 0 Å². The van der Waals surface area contributed by atoms with Gasteiger partial charge in [-0.25, -0.2) is 0 Å². The Hall–Kier alpha value is -1.81. The molecule has 0 heterocycles. The van der Waals surface area contributed by atoms with Gasteiger partial charge in [-0.05, 0) is 55.3 Å². The Bertz CT molecular complexity index is 670. The maximum atomic E-state index is 12.7. The highest BCUT2D eigenvalue weighted by Crippen LogP contribution is 2.24. The Balaban J connectivity index is 2.26. The highest BCUT2D eigenvalue weighted by molar-refractivity contribution is 9.10. The second-order valence-corrected chi connectivity index (χ2v) is 6.14. The second-order valence-electron chi connectivity index (χ2n) is 5.22. The lowest BCUT2D eigenvalue weighted by atomic mass is 10.0. The first-order chi connectivity index (χ1) is 9.90. The minimum Gasteiger partial charge on any atom is -0.399 e. The molecule has 2 N–H and O–H groups in total. The Morgan fingerprint density at radius 3 is 2.57 bits per heavy atom. The molecule has 2 aromatic carbocycles. The van der Waals surface area contributed by atoms with Crippen LogP contribution in [0, 0.1) is 6.92 Å². The minimum absolute atomic E-state index is 0.00919. The molecule has 1 atom stereocenters. The summed E-state index contributed by atoms with van der Waals surface area (Å²) < 4.78 is 0.975. The summed E-state index contributed by atoms with van der Waals surface area (Å²) in [6.07, 6.45) is 0. The van der Waals surface area contributed by atoms with Crippen molar-refractivity contribution in [1.82, 2.24) is 4.90 Å². The van der Waals surface area contributed by atoms with Crippen LogP contribution in [0.2, 0.25) is 0 Å². The summed E-state index contributed by atoms with van der Waals surface area (Å²) in [5.41, 5.74) is 9.23. The third kappa shape index (κ3) is 3.45. The lowest BCUT2D eigenvalue weighted by molar-refractivity contribution is 0.0742. The summed E-state index contributed by atoms with van der Waals surface area (Å²) in [5.74, 6) is 0.00919. The van der Waals surface area contributed by atoms with Gasteiger partial charge in [0.2, 0.25) is 0 Å². The Labute approximate surface area is 133 Å². The minimum atomic E-state index is -0.0379. The smallest absolute Gasteiger partial charge is 0.254 e. The van der Waals surface area contributed by atoms with Gasteiger partial charge in [-0.1, -0.05) is 28.1 Å². The number of amides is 1. The number of carbonyl (C=O) groups is 1. The molecule has 0 bridgehead atoms. The van der Waals surface area contributed by atoms with Crippen LogP contribution in [0.25, 0.3) is 0 Å². The fourth-order valence-corrected chi connectivity index (χ4v) is 2.75. The molecule has 2 aromatic rings. The van der Waals surface area contributed by atoms with Crippen molar-refractivity contribution < 1.29 is 4.79 Å². The number of hydrogen-bond donors (Lipinski definition) is 1. The highest BCUT2D eigenvalue weighted by atomic mass is 79.9. The molecule has 0 aliphatic carbocycles. The number of benzene rings is 2. The Morgan fingerprint density at radius 2 is 1.95 bits per heavy atom. The third-order valence-electron chi connectivity index (χ3n) is 3.71. The third-order valence-corrected chi connectivity index (χ3v) is 4.21. The van der Waals surface area contributed by atoms with Crippen molar-refractivity contribution in [3.8, 4) is 0 Å². The first kappa shape index (κ1) is 15.6. The molecule has 3 nitrogen and oxygen atoms in total. The largest absolute Gasteiger partial charge is 0.399 e. The van der Waals surface area contributed by atoms with Crippen molar-refractivity contribution in [2.45, 2.75) is 19.9 Å². The number of anilines is 1. The molecule has 0 spiro atoms. The standard InChI is InChI=1S/C17H19BrN2O/c1-11-9-14(18)7-8-16(11)17(21)20(3)12(2)13-5-4-6-15(19)10-13/h4-10,12H,19H2,1-3H3. The van der Waals surface area contributed by atoms with E-state index in [2.05, 4.69) is 15.9 Å². The lowest BCUT2D eigenvalue weighted by Gasteiger charge is -2.26. The van der Waals surface area contributed by atoms with Crippen LogP contribution >= 0.6 is 15.9 Å². The number of nitrogens with two attached hydrogens (primary N) is 1. The van der Waals surface area contributed by atoms with Gasteiger partial charge in [-0.3, -0.25) is 4.79 Å². The van der Waals surface area contributed by atoms with Gasteiger partial charge < -0.3 is 10.6 Å². The molecule has 0 saturated heterocycles. The van der Waals surface area contributed by atoms with Crippen LogP contribution in [0.3, 0.4) is 0 Å². The lowest BCUT2D eigenvalue weighted by Crippen LogP contribution is -2.30. The van der Waals surface area contributed by atoms with Gasteiger partial charge in [0, 0.05) is 22.8 Å². The van der Waals surface area contributed by atoms with E-state index in [-0.39, 0.29) is 11.9 Å². The van der Waals surface area contributed by atoms with E-state index in [4.69, 9.17) is 5.73 Å². The molecular weight excluding hydrogens is 328 g/mol. The quantitative estimate of drug-likeness (QED) is 0.847. The predicted octanol–water partition coefficient (Wildman–Crippen LogP) is 4.17. The SMILES string of the molecule is Cc1cc(Br)ccc1C(=O)N(C)C(C)c1cccc(N)c1. The number of halogens is 1. The number of rotatable bonds is 3. The number of carbonyl (C=O) groups excluding carboxylic acids is 1. The first-order valence-electron chi connectivity index (χ1n) is 6.79. The van der Waals surface area contributed by atoms with Gasteiger partial charge in [-0.15, -0.1) is 0 Å². The Morgan fingerprint density at radius 1 is 1.24 bits per heavy atom. The fourth-order valence-electron chi connectivity index (χ4n) is 2.28. The number of aryl methyl sites for hydroxylation is 1. The first-order valence-corrected chi connectivity index (χ1v) is 7.58. The second kappa shape index (κ2) is 6.31. The number of nitrogens with zero attached hydrogens (tertiary/aromatic N) is 1. The van der Waals surface area contributed by atoms with Crippen molar-refractivity contribution in [3.05, 3.63) is 63.6 Å². The molecule has 0 aliphatic rings. The summed E-state index contributed by atoms with van der Waals surface area (Å²) in [5, 5.41) is 0. The highest BCUT2D eigenvalue weighted by Gasteiger charge is 2.20. The van der Waals surface area contributed by atoms with Crippen LogP contribution in [-0.4, -0.2) is 17.9 Å². The molecule has 0 fully saturated rings. The molecule has 110 valence electrons. The van der Waals surface area contributed by atoms with E-state index in [0.717, 1.165) is 21.2 Å². The summed E-state index contributed by atoms with van der Waals surface area (Å²) in [7, 11) is 1.82. The zero-order valence-corrected chi connectivity index (χ0v) is 14.0. The molecule has 0 radical (unpaired) electrons. The van der Waals surface area contributed by atoms with Crippen LogP contribution in [0.1, 0.15) is 34.5 Å². The average Bonchev–Trinajstić information content (AvgIpc) is 2.45. The number of hydrogen-bond acceptors (Lipinski definition) is 2. The molecule has 4 heteroatoms. The maximum absolute atomic E-state index is 12.7. The van der Waals surface area contributed by atoms with Crippen molar-refractivity contribution >= 4 is 27.5 Å². The molecule has 1 amide bonds. The molecule has 2 rings (SSSR count). The van der Waals surface area contributed by atoms with Gasteiger partial charge >= 0.3 is 0 Å². The normalized spacial score (nSPS) is 12.0. The summed E-state index contributed by atoms with van der Waals surface area (Å²) >= 11 is 3.42. The van der Waals surface area contributed by atoms with Gasteiger partial charge in [0.1, 0.15) is 0 Å². The predicted molar refractivity (Wildman–Crippen MR) is 90.2 cm³/mol. The fraction of sp³-hybridized carbons (Fsp3) is 0.235. The summed E-state index contributed by atoms with van der Waals surface area (Å²) in [6.45, 7) is 3.94. The molecule has 21 heavy (non-hydrogen) atoms. The van der Waals surface area contributed by atoms with Crippen LogP contribution in [0.4, 0.5) is 5.69 Å². The molecule has 0 aliphatic heterocycles. The van der Waals surface area contributed by atoms with E-state index in [9.17, 15) is 4.79 Å². The van der Waals surface area contributed by atoms with Gasteiger partial charge in [0.15, 0.2) is 0 Å². The van der Waals surface area contributed by atoms with E-state index in [1.54, 1.807) is 4.90 Å². The van der Waals surface area contributed by atoms with Gasteiger partial charge in [0.25, 0.3) is 5.91 Å². The van der Waals surface area contributed by atoms with E-state index in [1.807, 2.05) is 63.4 Å². The zero-order chi connectivity index (χ0) is 15.6. The van der Waals surface area contributed by atoms with E-state index < -0.39 is 0 Å². The van der Waals surface area contributed by atoms with E-state index in [1.165, 1.54) is 0 Å².